The highest BCUT2D eigenvalue weighted by atomic mass is 32.1. The van der Waals surface area contributed by atoms with Crippen molar-refractivity contribution in [3.63, 3.8) is 0 Å². The van der Waals surface area contributed by atoms with Gasteiger partial charge >= 0.3 is 5.76 Å². The molecule has 0 aliphatic heterocycles. The minimum Gasteiger partial charge on any atom is -0.388 e. The Balaban J connectivity index is 1.54. The van der Waals surface area contributed by atoms with Gasteiger partial charge in [0.05, 0.1) is 16.3 Å². The number of benzene rings is 2. The van der Waals surface area contributed by atoms with Crippen molar-refractivity contribution in [1.29, 1.82) is 0 Å². The molecule has 0 saturated carbocycles. The summed E-state index contributed by atoms with van der Waals surface area (Å²) < 4.78 is 20.6. The van der Waals surface area contributed by atoms with Crippen LogP contribution in [0.5, 0.6) is 0 Å². The predicted molar refractivity (Wildman–Crippen MR) is 102 cm³/mol. The van der Waals surface area contributed by atoms with Gasteiger partial charge in [-0.2, -0.15) is 4.68 Å². The fourth-order valence-corrected chi connectivity index (χ4v) is 3.78. The summed E-state index contributed by atoms with van der Waals surface area (Å²) in [5, 5.41) is 5.19. The van der Waals surface area contributed by atoms with Gasteiger partial charge in [0.25, 0.3) is 0 Å². The molecule has 0 radical (unpaired) electrons. The lowest BCUT2D eigenvalue weighted by atomic mass is 10.2. The van der Waals surface area contributed by atoms with Crippen LogP contribution in [0.3, 0.4) is 0 Å². The number of fused-ring (bicyclic) bond motifs is 1. The maximum Gasteiger partial charge on any atom is 0.438 e. The first-order chi connectivity index (χ1) is 13.0. The molecular weight excluding hydrogens is 367 g/mol. The van der Waals surface area contributed by atoms with E-state index in [0.717, 1.165) is 15.2 Å². The molecule has 8 heteroatoms. The summed E-state index contributed by atoms with van der Waals surface area (Å²) in [6.45, 7) is 2.28. The summed E-state index contributed by atoms with van der Waals surface area (Å²) in [4.78, 5) is 18.8. The minimum atomic E-state index is -0.558. The van der Waals surface area contributed by atoms with E-state index in [9.17, 15) is 9.18 Å². The maximum absolute atomic E-state index is 13.1. The van der Waals surface area contributed by atoms with Crippen molar-refractivity contribution >= 4 is 21.6 Å². The number of halogens is 1. The summed E-state index contributed by atoms with van der Waals surface area (Å²) >= 11 is 1.63. The zero-order valence-electron chi connectivity index (χ0n) is 14.8. The van der Waals surface area contributed by atoms with Gasteiger partial charge in [-0.15, -0.1) is 16.4 Å². The highest BCUT2D eigenvalue weighted by Crippen LogP contribution is 2.28. The molecule has 4 aromatic rings. The molecular formula is C19H17FN4O2S. The van der Waals surface area contributed by atoms with E-state index in [1.165, 1.54) is 28.9 Å². The molecule has 1 atom stereocenters. The van der Waals surface area contributed by atoms with Gasteiger partial charge in [-0.3, -0.25) is 4.90 Å². The van der Waals surface area contributed by atoms with E-state index in [1.807, 2.05) is 43.1 Å². The summed E-state index contributed by atoms with van der Waals surface area (Å²) in [6.07, 6.45) is 0. The summed E-state index contributed by atoms with van der Waals surface area (Å²) in [7, 11) is 1.90. The Morgan fingerprint density at radius 2 is 1.96 bits per heavy atom. The van der Waals surface area contributed by atoms with Crippen LogP contribution in [0.2, 0.25) is 0 Å². The summed E-state index contributed by atoms with van der Waals surface area (Å²) in [6, 6.07) is 13.6. The van der Waals surface area contributed by atoms with Gasteiger partial charge in [-0.1, -0.05) is 12.1 Å². The first-order valence-electron chi connectivity index (χ1n) is 8.41. The van der Waals surface area contributed by atoms with Crippen LogP contribution in [0, 0.1) is 5.82 Å². The van der Waals surface area contributed by atoms with Gasteiger partial charge < -0.3 is 4.42 Å². The Morgan fingerprint density at radius 3 is 2.70 bits per heavy atom. The Morgan fingerprint density at radius 1 is 1.22 bits per heavy atom. The van der Waals surface area contributed by atoms with E-state index in [-0.39, 0.29) is 24.4 Å². The summed E-state index contributed by atoms with van der Waals surface area (Å²) in [5.74, 6) is -0.747. The van der Waals surface area contributed by atoms with Crippen molar-refractivity contribution in [3.05, 3.63) is 69.9 Å². The van der Waals surface area contributed by atoms with Gasteiger partial charge in [0, 0.05) is 5.56 Å². The average molecular weight is 384 g/mol. The molecule has 138 valence electrons. The number of hydrogen-bond acceptors (Lipinski definition) is 6. The second-order valence-corrected chi connectivity index (χ2v) is 7.34. The molecule has 27 heavy (non-hydrogen) atoms. The van der Waals surface area contributed by atoms with Crippen LogP contribution in [-0.4, -0.2) is 26.7 Å². The van der Waals surface area contributed by atoms with Crippen LogP contribution in [0.15, 0.2) is 57.7 Å². The standard InChI is InChI=1S/C19H17FN4O2S/c1-12(18-21-15-5-3-4-6-16(15)27-18)23(2)11-24-19(25)26-17(22-24)13-7-9-14(20)10-8-13/h3-10,12H,11H2,1-2H3/t12-/m0/s1. The second kappa shape index (κ2) is 7.05. The molecule has 0 N–H and O–H groups in total. The van der Waals surface area contributed by atoms with Crippen molar-refractivity contribution in [3.8, 4) is 11.5 Å². The van der Waals surface area contributed by atoms with Gasteiger partial charge in [0.2, 0.25) is 5.89 Å². The third-order valence-corrected chi connectivity index (χ3v) is 5.59. The molecule has 4 rings (SSSR count). The fraction of sp³-hybridized carbons (Fsp3) is 0.211. The summed E-state index contributed by atoms with van der Waals surface area (Å²) in [5.41, 5.74) is 1.52. The van der Waals surface area contributed by atoms with E-state index >= 15 is 0 Å². The molecule has 0 saturated heterocycles. The largest absolute Gasteiger partial charge is 0.438 e. The van der Waals surface area contributed by atoms with Crippen molar-refractivity contribution in [1.82, 2.24) is 19.7 Å². The van der Waals surface area contributed by atoms with Crippen molar-refractivity contribution in [2.24, 2.45) is 0 Å². The Labute approximate surface area is 158 Å². The monoisotopic (exact) mass is 384 g/mol. The number of hydrogen-bond donors (Lipinski definition) is 0. The highest BCUT2D eigenvalue weighted by molar-refractivity contribution is 7.18. The van der Waals surface area contributed by atoms with E-state index in [0.29, 0.717) is 5.56 Å². The topological polar surface area (TPSA) is 64.2 Å². The number of rotatable bonds is 5. The molecule has 2 aromatic heterocycles. The average Bonchev–Trinajstić information content (AvgIpc) is 3.25. The lowest BCUT2D eigenvalue weighted by molar-refractivity contribution is 0.189. The lowest BCUT2D eigenvalue weighted by Crippen LogP contribution is -2.30. The van der Waals surface area contributed by atoms with Crippen LogP contribution < -0.4 is 5.76 Å². The predicted octanol–water partition coefficient (Wildman–Crippen LogP) is 3.90. The Bertz CT molecular complexity index is 1100. The number of thiazole rings is 1. The minimum absolute atomic E-state index is 0.000251. The zero-order chi connectivity index (χ0) is 19.0. The van der Waals surface area contributed by atoms with Crippen molar-refractivity contribution in [2.45, 2.75) is 19.6 Å². The van der Waals surface area contributed by atoms with Crippen LogP contribution in [0.25, 0.3) is 21.7 Å². The zero-order valence-corrected chi connectivity index (χ0v) is 15.6. The quantitative estimate of drug-likeness (QED) is 0.522. The van der Waals surface area contributed by atoms with E-state index < -0.39 is 5.76 Å². The third-order valence-electron chi connectivity index (χ3n) is 4.38. The van der Waals surface area contributed by atoms with Crippen LogP contribution in [0.1, 0.15) is 18.0 Å². The van der Waals surface area contributed by atoms with E-state index in [2.05, 4.69) is 10.1 Å². The molecule has 6 nitrogen and oxygen atoms in total. The molecule has 0 fully saturated rings. The molecule has 0 spiro atoms. The second-order valence-electron chi connectivity index (χ2n) is 6.27. The van der Waals surface area contributed by atoms with E-state index in [4.69, 9.17) is 4.42 Å². The first-order valence-corrected chi connectivity index (χ1v) is 9.22. The Hall–Kier alpha value is -2.84. The number of aromatic nitrogens is 3. The molecule has 0 aliphatic rings. The van der Waals surface area contributed by atoms with Crippen LogP contribution >= 0.6 is 11.3 Å². The van der Waals surface area contributed by atoms with Gasteiger partial charge in [0.15, 0.2) is 0 Å². The van der Waals surface area contributed by atoms with E-state index in [1.54, 1.807) is 11.3 Å². The maximum atomic E-state index is 13.1. The Kier molecular flexibility index (Phi) is 4.59. The molecule has 2 aromatic carbocycles. The number of nitrogens with zero attached hydrogens (tertiary/aromatic N) is 4. The van der Waals surface area contributed by atoms with Gasteiger partial charge in [-0.05, 0) is 50.4 Å². The van der Waals surface area contributed by atoms with Crippen molar-refractivity contribution < 1.29 is 8.81 Å². The molecule has 0 amide bonds. The number of para-hydroxylation sites is 1. The lowest BCUT2D eigenvalue weighted by Gasteiger charge is -2.21. The molecule has 0 bridgehead atoms. The van der Waals surface area contributed by atoms with Crippen LogP contribution in [0.4, 0.5) is 4.39 Å². The highest BCUT2D eigenvalue weighted by Gasteiger charge is 2.19. The first kappa shape index (κ1) is 17.6. The fourth-order valence-electron chi connectivity index (χ4n) is 2.70. The van der Waals surface area contributed by atoms with Crippen molar-refractivity contribution in [2.75, 3.05) is 7.05 Å². The normalized spacial score (nSPS) is 12.7. The van der Waals surface area contributed by atoms with Crippen LogP contribution in [-0.2, 0) is 6.67 Å². The molecule has 0 aliphatic carbocycles. The SMILES string of the molecule is C[C@@H](c1nc2ccccc2s1)N(C)Cn1nc(-c2ccc(F)cc2)oc1=O. The molecule has 0 unspecified atom stereocenters. The smallest absolute Gasteiger partial charge is 0.388 e. The van der Waals surface area contributed by atoms with Gasteiger partial charge in [-0.25, -0.2) is 14.2 Å². The van der Waals surface area contributed by atoms with Gasteiger partial charge in [0.1, 0.15) is 17.5 Å². The molecule has 2 heterocycles. The third kappa shape index (κ3) is 3.54.